The van der Waals surface area contributed by atoms with E-state index in [4.69, 9.17) is 4.74 Å². The summed E-state index contributed by atoms with van der Waals surface area (Å²) >= 11 is 0. The third-order valence-electron chi connectivity index (χ3n) is 6.94. The van der Waals surface area contributed by atoms with Crippen LogP contribution in [0.4, 0.5) is 0 Å². The van der Waals surface area contributed by atoms with Gasteiger partial charge < -0.3 is 19.6 Å². The molecular formula is C26H36N2O2. The van der Waals surface area contributed by atoms with Crippen molar-refractivity contribution in [2.75, 3.05) is 39.8 Å². The summed E-state index contributed by atoms with van der Waals surface area (Å²) < 4.78 is 5.98. The van der Waals surface area contributed by atoms with E-state index >= 15 is 0 Å². The molecule has 162 valence electrons. The van der Waals surface area contributed by atoms with Crippen LogP contribution in [0.2, 0.25) is 0 Å². The van der Waals surface area contributed by atoms with Crippen molar-refractivity contribution in [3.63, 3.8) is 0 Å². The zero-order valence-electron chi connectivity index (χ0n) is 18.3. The number of hydrogen-bond acceptors (Lipinski definition) is 4. The van der Waals surface area contributed by atoms with Gasteiger partial charge in [0, 0.05) is 38.6 Å². The van der Waals surface area contributed by atoms with Gasteiger partial charge in [0.25, 0.3) is 0 Å². The fraction of sp³-hybridized carbons (Fsp3) is 0.538. The molecule has 1 heterocycles. The van der Waals surface area contributed by atoms with Gasteiger partial charge in [-0.3, -0.25) is 0 Å². The molecule has 0 bridgehead atoms. The lowest BCUT2D eigenvalue weighted by Crippen LogP contribution is -2.50. The second-order valence-corrected chi connectivity index (χ2v) is 9.16. The van der Waals surface area contributed by atoms with Crippen LogP contribution in [0.5, 0.6) is 5.75 Å². The van der Waals surface area contributed by atoms with Crippen LogP contribution in [0.3, 0.4) is 0 Å². The summed E-state index contributed by atoms with van der Waals surface area (Å²) in [5.74, 6) is 1.04. The first kappa shape index (κ1) is 21.4. The standard InChI is InChI=1S/C26H36N2O2/c1-27-16-18-28(19-17-27)20-25(26(29)14-6-3-7-15-26)23-10-12-24(13-11-23)30-21-22-8-4-2-5-9-22/h2,4-5,8-13,25,29H,3,6-7,14-21H2,1H3. The van der Waals surface area contributed by atoms with E-state index in [1.807, 2.05) is 18.2 Å². The van der Waals surface area contributed by atoms with Gasteiger partial charge in [-0.2, -0.15) is 0 Å². The number of aliphatic hydroxyl groups is 1. The summed E-state index contributed by atoms with van der Waals surface area (Å²) in [6.45, 7) is 5.90. The summed E-state index contributed by atoms with van der Waals surface area (Å²) in [6.07, 6.45) is 5.34. The van der Waals surface area contributed by atoms with Crippen LogP contribution >= 0.6 is 0 Å². The molecule has 30 heavy (non-hydrogen) atoms. The van der Waals surface area contributed by atoms with E-state index in [1.165, 1.54) is 17.5 Å². The van der Waals surface area contributed by atoms with Crippen LogP contribution in [-0.4, -0.2) is 60.3 Å². The smallest absolute Gasteiger partial charge is 0.119 e. The Morgan fingerprint density at radius 1 is 0.900 bits per heavy atom. The highest BCUT2D eigenvalue weighted by atomic mass is 16.5. The van der Waals surface area contributed by atoms with Crippen LogP contribution in [0.15, 0.2) is 54.6 Å². The summed E-state index contributed by atoms with van der Waals surface area (Å²) in [4.78, 5) is 4.93. The van der Waals surface area contributed by atoms with Crippen molar-refractivity contribution in [1.82, 2.24) is 9.80 Å². The Morgan fingerprint density at radius 3 is 2.23 bits per heavy atom. The number of benzene rings is 2. The first-order valence-electron chi connectivity index (χ1n) is 11.5. The van der Waals surface area contributed by atoms with Gasteiger partial charge >= 0.3 is 0 Å². The molecule has 2 aromatic rings. The zero-order chi connectivity index (χ0) is 20.8. The van der Waals surface area contributed by atoms with Gasteiger partial charge in [-0.15, -0.1) is 0 Å². The largest absolute Gasteiger partial charge is 0.489 e. The minimum atomic E-state index is -0.589. The predicted octanol–water partition coefficient (Wildman–Crippen LogP) is 4.29. The third-order valence-corrected chi connectivity index (χ3v) is 6.94. The normalized spacial score (nSPS) is 21.3. The van der Waals surface area contributed by atoms with Gasteiger partial charge in [0.05, 0.1) is 5.60 Å². The second-order valence-electron chi connectivity index (χ2n) is 9.16. The molecule has 4 rings (SSSR count). The Kier molecular flexibility index (Phi) is 7.08. The van der Waals surface area contributed by atoms with E-state index in [0.29, 0.717) is 6.61 Å². The molecule has 0 aromatic heterocycles. The summed E-state index contributed by atoms with van der Waals surface area (Å²) in [6, 6.07) is 18.8. The van der Waals surface area contributed by atoms with Crippen molar-refractivity contribution in [2.45, 2.75) is 50.2 Å². The van der Waals surface area contributed by atoms with Crippen LogP contribution in [-0.2, 0) is 6.61 Å². The SMILES string of the molecule is CN1CCN(CC(c2ccc(OCc3ccccc3)cc2)C2(O)CCCCC2)CC1. The van der Waals surface area contributed by atoms with Gasteiger partial charge in [0.15, 0.2) is 0 Å². The monoisotopic (exact) mass is 408 g/mol. The maximum atomic E-state index is 11.6. The van der Waals surface area contributed by atoms with Gasteiger partial charge in [-0.05, 0) is 43.1 Å². The minimum Gasteiger partial charge on any atom is -0.489 e. The molecule has 1 N–H and O–H groups in total. The van der Waals surface area contributed by atoms with E-state index in [9.17, 15) is 5.11 Å². The van der Waals surface area contributed by atoms with Crippen molar-refractivity contribution >= 4 is 0 Å². The minimum absolute atomic E-state index is 0.157. The molecule has 2 aliphatic rings. The maximum absolute atomic E-state index is 11.6. The average Bonchev–Trinajstić information content (AvgIpc) is 2.79. The van der Waals surface area contributed by atoms with E-state index < -0.39 is 5.60 Å². The van der Waals surface area contributed by atoms with Gasteiger partial charge in [-0.1, -0.05) is 61.7 Å². The molecule has 1 aliphatic carbocycles. The summed E-state index contributed by atoms with van der Waals surface area (Å²) in [5, 5.41) is 11.6. The molecule has 4 heteroatoms. The quantitative estimate of drug-likeness (QED) is 0.741. The second kappa shape index (κ2) is 9.95. The highest BCUT2D eigenvalue weighted by Gasteiger charge is 2.39. The van der Waals surface area contributed by atoms with Crippen molar-refractivity contribution in [2.24, 2.45) is 0 Å². The molecule has 2 fully saturated rings. The number of piperazine rings is 1. The molecule has 1 aliphatic heterocycles. The molecule has 2 aromatic carbocycles. The van der Waals surface area contributed by atoms with Crippen LogP contribution in [0, 0.1) is 0 Å². The van der Waals surface area contributed by atoms with E-state index in [-0.39, 0.29) is 5.92 Å². The summed E-state index contributed by atoms with van der Waals surface area (Å²) in [7, 11) is 2.19. The van der Waals surface area contributed by atoms with E-state index in [0.717, 1.165) is 64.2 Å². The predicted molar refractivity (Wildman–Crippen MR) is 122 cm³/mol. The van der Waals surface area contributed by atoms with Crippen LogP contribution < -0.4 is 4.74 Å². The van der Waals surface area contributed by atoms with Crippen molar-refractivity contribution < 1.29 is 9.84 Å². The molecule has 1 atom stereocenters. The van der Waals surface area contributed by atoms with Gasteiger partial charge in [0.1, 0.15) is 12.4 Å². The fourth-order valence-corrected chi connectivity index (χ4v) is 4.92. The third kappa shape index (κ3) is 5.42. The number of rotatable bonds is 7. The average molecular weight is 409 g/mol. The number of ether oxygens (including phenoxy) is 1. The van der Waals surface area contributed by atoms with Crippen molar-refractivity contribution in [3.8, 4) is 5.75 Å². The zero-order valence-corrected chi connectivity index (χ0v) is 18.3. The molecule has 0 radical (unpaired) electrons. The van der Waals surface area contributed by atoms with Crippen molar-refractivity contribution in [3.05, 3.63) is 65.7 Å². The lowest BCUT2D eigenvalue weighted by molar-refractivity contribution is -0.0337. The van der Waals surface area contributed by atoms with Crippen LogP contribution in [0.25, 0.3) is 0 Å². The lowest BCUT2D eigenvalue weighted by Gasteiger charge is -2.43. The molecule has 1 unspecified atom stereocenters. The lowest BCUT2D eigenvalue weighted by atomic mass is 9.72. The Hall–Kier alpha value is -1.88. The number of likely N-dealkylation sites (N-methyl/N-ethyl adjacent to an activating group) is 1. The van der Waals surface area contributed by atoms with E-state index in [1.54, 1.807) is 0 Å². The van der Waals surface area contributed by atoms with Gasteiger partial charge in [-0.25, -0.2) is 0 Å². The molecule has 1 saturated heterocycles. The van der Waals surface area contributed by atoms with Gasteiger partial charge in [0.2, 0.25) is 0 Å². The Bertz CT molecular complexity index is 763. The molecule has 1 saturated carbocycles. The molecular weight excluding hydrogens is 372 g/mol. The molecule has 4 nitrogen and oxygen atoms in total. The molecule has 0 spiro atoms. The Morgan fingerprint density at radius 2 is 1.57 bits per heavy atom. The van der Waals surface area contributed by atoms with Crippen molar-refractivity contribution in [1.29, 1.82) is 0 Å². The van der Waals surface area contributed by atoms with E-state index in [2.05, 4.69) is 53.2 Å². The Balaban J connectivity index is 1.46. The topological polar surface area (TPSA) is 35.9 Å². The molecule has 0 amide bonds. The van der Waals surface area contributed by atoms with Crippen LogP contribution in [0.1, 0.15) is 49.1 Å². The highest BCUT2D eigenvalue weighted by molar-refractivity contribution is 5.32. The fourth-order valence-electron chi connectivity index (χ4n) is 4.92. The summed E-state index contributed by atoms with van der Waals surface area (Å²) in [5.41, 5.74) is 1.82. The Labute approximate surface area is 181 Å². The first-order valence-corrected chi connectivity index (χ1v) is 11.5. The maximum Gasteiger partial charge on any atom is 0.119 e. The number of hydrogen-bond donors (Lipinski definition) is 1. The first-order chi connectivity index (χ1) is 14.6. The highest BCUT2D eigenvalue weighted by Crippen LogP contribution is 2.41. The number of nitrogens with zero attached hydrogens (tertiary/aromatic N) is 2.